The SMILES string of the molecule is COc1cccc(C(c2nc3ccccc3s2)N2CCCNCC2)c1. The summed E-state index contributed by atoms with van der Waals surface area (Å²) in [5.41, 5.74) is 2.34. The first kappa shape index (κ1) is 16.5. The molecular formula is C20H23N3OS. The number of ether oxygens (including phenoxy) is 1. The van der Waals surface area contributed by atoms with E-state index in [1.54, 1.807) is 18.4 Å². The fourth-order valence-corrected chi connectivity index (χ4v) is 4.58. The molecule has 25 heavy (non-hydrogen) atoms. The van der Waals surface area contributed by atoms with Crippen molar-refractivity contribution in [2.24, 2.45) is 0 Å². The van der Waals surface area contributed by atoms with Gasteiger partial charge in [0.05, 0.1) is 23.4 Å². The number of para-hydroxylation sites is 1. The molecule has 0 spiro atoms. The molecule has 0 bridgehead atoms. The van der Waals surface area contributed by atoms with Crippen LogP contribution in [0.5, 0.6) is 5.75 Å². The summed E-state index contributed by atoms with van der Waals surface area (Å²) in [5.74, 6) is 0.900. The lowest BCUT2D eigenvalue weighted by molar-refractivity contribution is 0.240. The van der Waals surface area contributed by atoms with E-state index < -0.39 is 0 Å². The second-order valence-corrected chi connectivity index (χ2v) is 7.40. The lowest BCUT2D eigenvalue weighted by Gasteiger charge is -2.29. The van der Waals surface area contributed by atoms with Gasteiger partial charge in [-0.2, -0.15) is 0 Å². The Morgan fingerprint density at radius 3 is 2.92 bits per heavy atom. The third kappa shape index (κ3) is 3.54. The van der Waals surface area contributed by atoms with Gasteiger partial charge in [0, 0.05) is 19.6 Å². The van der Waals surface area contributed by atoms with Gasteiger partial charge in [0.1, 0.15) is 10.8 Å². The summed E-state index contributed by atoms with van der Waals surface area (Å²) in [6.45, 7) is 4.20. The van der Waals surface area contributed by atoms with Gasteiger partial charge < -0.3 is 10.1 Å². The minimum Gasteiger partial charge on any atom is -0.497 e. The molecule has 0 saturated carbocycles. The Kier molecular flexibility index (Phi) is 4.97. The number of methoxy groups -OCH3 is 1. The minimum absolute atomic E-state index is 0.174. The van der Waals surface area contributed by atoms with Crippen LogP contribution < -0.4 is 10.1 Å². The smallest absolute Gasteiger partial charge is 0.119 e. The molecule has 1 atom stereocenters. The molecule has 0 aliphatic carbocycles. The van der Waals surface area contributed by atoms with Crippen LogP contribution in [-0.2, 0) is 0 Å². The molecule has 2 aromatic carbocycles. The van der Waals surface area contributed by atoms with Crippen molar-refractivity contribution < 1.29 is 4.74 Å². The lowest BCUT2D eigenvalue weighted by Crippen LogP contribution is -2.33. The van der Waals surface area contributed by atoms with Gasteiger partial charge in [-0.15, -0.1) is 11.3 Å². The van der Waals surface area contributed by atoms with Crippen molar-refractivity contribution in [1.29, 1.82) is 0 Å². The fourth-order valence-electron chi connectivity index (χ4n) is 3.45. The van der Waals surface area contributed by atoms with Crippen molar-refractivity contribution in [3.63, 3.8) is 0 Å². The Balaban J connectivity index is 1.78. The van der Waals surface area contributed by atoms with Crippen LogP contribution in [0.4, 0.5) is 0 Å². The summed E-state index contributed by atoms with van der Waals surface area (Å²) >= 11 is 1.80. The van der Waals surface area contributed by atoms with Crippen LogP contribution >= 0.6 is 11.3 Å². The van der Waals surface area contributed by atoms with Gasteiger partial charge in [-0.25, -0.2) is 4.98 Å². The molecule has 1 aliphatic heterocycles. The standard InChI is InChI=1S/C20H23N3OS/c1-24-16-7-4-6-15(14-16)19(23-12-5-10-21-11-13-23)20-22-17-8-2-3-9-18(17)25-20/h2-4,6-9,14,19,21H,5,10-13H2,1H3. The van der Waals surface area contributed by atoms with Gasteiger partial charge in [-0.05, 0) is 42.8 Å². The molecule has 2 heterocycles. The fraction of sp³-hybridized carbons (Fsp3) is 0.350. The number of nitrogens with one attached hydrogen (secondary N) is 1. The first-order valence-electron chi connectivity index (χ1n) is 8.79. The van der Waals surface area contributed by atoms with Crippen molar-refractivity contribution in [2.75, 3.05) is 33.3 Å². The van der Waals surface area contributed by atoms with Crippen LogP contribution in [0.3, 0.4) is 0 Å². The third-order valence-corrected chi connectivity index (χ3v) is 5.78. The van der Waals surface area contributed by atoms with E-state index >= 15 is 0 Å². The Morgan fingerprint density at radius 2 is 2.04 bits per heavy atom. The Labute approximate surface area is 152 Å². The highest BCUT2D eigenvalue weighted by atomic mass is 32.1. The normalized spacial score (nSPS) is 17.3. The number of thiazole rings is 1. The van der Waals surface area contributed by atoms with Crippen molar-refractivity contribution >= 4 is 21.6 Å². The topological polar surface area (TPSA) is 37.4 Å². The second kappa shape index (κ2) is 7.52. The number of fused-ring (bicyclic) bond motifs is 1. The molecule has 1 saturated heterocycles. The van der Waals surface area contributed by atoms with Crippen LogP contribution in [0, 0.1) is 0 Å². The molecule has 1 aromatic heterocycles. The molecular weight excluding hydrogens is 330 g/mol. The molecule has 3 aromatic rings. The molecule has 1 fully saturated rings. The zero-order valence-corrected chi connectivity index (χ0v) is 15.3. The molecule has 1 aliphatic rings. The van der Waals surface area contributed by atoms with Gasteiger partial charge in [0.2, 0.25) is 0 Å². The Morgan fingerprint density at radius 1 is 1.12 bits per heavy atom. The van der Waals surface area contributed by atoms with Crippen LogP contribution in [0.25, 0.3) is 10.2 Å². The van der Waals surface area contributed by atoms with Gasteiger partial charge in [-0.1, -0.05) is 24.3 Å². The van der Waals surface area contributed by atoms with E-state index in [-0.39, 0.29) is 6.04 Å². The zero-order chi connectivity index (χ0) is 17.1. The number of hydrogen-bond donors (Lipinski definition) is 1. The van der Waals surface area contributed by atoms with E-state index in [9.17, 15) is 0 Å². The van der Waals surface area contributed by atoms with Gasteiger partial charge in [0.25, 0.3) is 0 Å². The molecule has 130 valence electrons. The van der Waals surface area contributed by atoms with Crippen molar-refractivity contribution in [2.45, 2.75) is 12.5 Å². The maximum absolute atomic E-state index is 5.46. The van der Waals surface area contributed by atoms with E-state index in [0.717, 1.165) is 48.9 Å². The number of aromatic nitrogens is 1. The van der Waals surface area contributed by atoms with Crippen LogP contribution in [-0.4, -0.2) is 43.2 Å². The van der Waals surface area contributed by atoms with Gasteiger partial charge >= 0.3 is 0 Å². The van der Waals surface area contributed by atoms with Crippen LogP contribution in [0.1, 0.15) is 23.0 Å². The summed E-state index contributed by atoms with van der Waals surface area (Å²) in [6, 6.07) is 17.0. The molecule has 0 amide bonds. The number of hydrogen-bond acceptors (Lipinski definition) is 5. The summed E-state index contributed by atoms with van der Waals surface area (Å²) in [4.78, 5) is 7.51. The Hall–Kier alpha value is -1.95. The van der Waals surface area contributed by atoms with Crippen molar-refractivity contribution in [1.82, 2.24) is 15.2 Å². The summed E-state index contributed by atoms with van der Waals surface area (Å²) < 4.78 is 6.71. The summed E-state index contributed by atoms with van der Waals surface area (Å²) in [7, 11) is 1.72. The Bertz CT molecular complexity index is 807. The molecule has 0 radical (unpaired) electrons. The van der Waals surface area contributed by atoms with E-state index in [1.165, 1.54) is 10.3 Å². The third-order valence-electron chi connectivity index (χ3n) is 4.69. The highest BCUT2D eigenvalue weighted by Gasteiger charge is 2.26. The zero-order valence-electron chi connectivity index (χ0n) is 14.4. The molecule has 4 nitrogen and oxygen atoms in total. The van der Waals surface area contributed by atoms with E-state index in [1.807, 2.05) is 6.07 Å². The maximum Gasteiger partial charge on any atom is 0.119 e. The van der Waals surface area contributed by atoms with Crippen molar-refractivity contribution in [3.8, 4) is 5.75 Å². The molecule has 1 N–H and O–H groups in total. The highest BCUT2D eigenvalue weighted by Crippen LogP contribution is 2.35. The first-order chi connectivity index (χ1) is 12.3. The monoisotopic (exact) mass is 353 g/mol. The predicted octanol–water partition coefficient (Wildman–Crippen LogP) is 3.69. The van der Waals surface area contributed by atoms with E-state index in [4.69, 9.17) is 9.72 Å². The molecule has 5 heteroatoms. The highest BCUT2D eigenvalue weighted by molar-refractivity contribution is 7.18. The van der Waals surface area contributed by atoms with Crippen LogP contribution in [0.2, 0.25) is 0 Å². The average molecular weight is 353 g/mol. The number of nitrogens with zero attached hydrogens (tertiary/aromatic N) is 2. The molecule has 4 rings (SSSR count). The summed E-state index contributed by atoms with van der Waals surface area (Å²) in [5, 5.41) is 4.66. The largest absolute Gasteiger partial charge is 0.497 e. The van der Waals surface area contributed by atoms with E-state index in [0.29, 0.717) is 0 Å². The second-order valence-electron chi connectivity index (χ2n) is 6.34. The van der Waals surface area contributed by atoms with Crippen LogP contribution in [0.15, 0.2) is 48.5 Å². The number of benzene rings is 2. The van der Waals surface area contributed by atoms with Gasteiger partial charge in [0.15, 0.2) is 0 Å². The lowest BCUT2D eigenvalue weighted by atomic mass is 10.0. The molecule has 1 unspecified atom stereocenters. The number of rotatable bonds is 4. The van der Waals surface area contributed by atoms with E-state index in [2.05, 4.69) is 52.7 Å². The van der Waals surface area contributed by atoms with Gasteiger partial charge in [-0.3, -0.25) is 4.90 Å². The van der Waals surface area contributed by atoms with Crippen molar-refractivity contribution in [3.05, 3.63) is 59.1 Å². The predicted molar refractivity (Wildman–Crippen MR) is 104 cm³/mol. The summed E-state index contributed by atoms with van der Waals surface area (Å²) in [6.07, 6.45) is 1.16. The minimum atomic E-state index is 0.174. The maximum atomic E-state index is 5.46. The average Bonchev–Trinajstić information content (AvgIpc) is 2.89. The quantitative estimate of drug-likeness (QED) is 0.776. The first-order valence-corrected chi connectivity index (χ1v) is 9.61.